The summed E-state index contributed by atoms with van der Waals surface area (Å²) in [5.74, 6) is 0. The van der Waals surface area contributed by atoms with Gasteiger partial charge in [0.25, 0.3) is 0 Å². The molecular formula is C14H19N3. The van der Waals surface area contributed by atoms with E-state index in [1.807, 2.05) is 17.9 Å². The summed E-state index contributed by atoms with van der Waals surface area (Å²) in [7, 11) is 1.97. The predicted octanol–water partition coefficient (Wildman–Crippen LogP) is 2.60. The van der Waals surface area contributed by atoms with E-state index in [0.717, 1.165) is 13.1 Å². The van der Waals surface area contributed by atoms with Crippen LogP contribution in [0.4, 0.5) is 0 Å². The summed E-state index contributed by atoms with van der Waals surface area (Å²) in [4.78, 5) is 0. The molecule has 0 atom stereocenters. The molecule has 0 aliphatic heterocycles. The highest BCUT2D eigenvalue weighted by Crippen LogP contribution is 2.24. The summed E-state index contributed by atoms with van der Waals surface area (Å²) in [6.45, 7) is 6.02. The standard InChI is InChI=1S/C14H19N3/c1-4-17-14(7-8-16-17)13-9-11(2)5-6-12(13)10-15-3/h5-9,15H,4,10H2,1-3H3. The fourth-order valence-electron chi connectivity index (χ4n) is 2.09. The van der Waals surface area contributed by atoms with Crippen LogP contribution in [-0.2, 0) is 13.1 Å². The Kier molecular flexibility index (Phi) is 3.59. The average Bonchev–Trinajstić information content (AvgIpc) is 2.79. The number of aryl methyl sites for hydroxylation is 2. The van der Waals surface area contributed by atoms with Crippen molar-refractivity contribution in [2.24, 2.45) is 0 Å². The maximum atomic E-state index is 4.34. The van der Waals surface area contributed by atoms with Gasteiger partial charge in [0.15, 0.2) is 0 Å². The van der Waals surface area contributed by atoms with Crippen LogP contribution in [0.3, 0.4) is 0 Å². The van der Waals surface area contributed by atoms with Gasteiger partial charge in [-0.05, 0) is 38.6 Å². The van der Waals surface area contributed by atoms with Crippen molar-refractivity contribution >= 4 is 0 Å². The number of hydrogen-bond donors (Lipinski definition) is 1. The highest BCUT2D eigenvalue weighted by molar-refractivity contribution is 5.64. The van der Waals surface area contributed by atoms with Gasteiger partial charge in [-0.3, -0.25) is 4.68 Å². The zero-order valence-corrected chi connectivity index (χ0v) is 10.7. The summed E-state index contributed by atoms with van der Waals surface area (Å²) >= 11 is 0. The van der Waals surface area contributed by atoms with Crippen molar-refractivity contribution in [2.75, 3.05) is 7.05 Å². The molecule has 3 heteroatoms. The lowest BCUT2D eigenvalue weighted by Crippen LogP contribution is -2.08. The van der Waals surface area contributed by atoms with Gasteiger partial charge in [0.1, 0.15) is 0 Å². The minimum atomic E-state index is 0.879. The maximum Gasteiger partial charge on any atom is 0.0685 e. The quantitative estimate of drug-likeness (QED) is 0.873. The molecule has 0 aliphatic carbocycles. The van der Waals surface area contributed by atoms with Gasteiger partial charge in [0.2, 0.25) is 0 Å². The first-order valence-electron chi connectivity index (χ1n) is 6.02. The number of rotatable bonds is 4. The van der Waals surface area contributed by atoms with E-state index in [0.29, 0.717) is 0 Å². The van der Waals surface area contributed by atoms with Gasteiger partial charge in [-0.25, -0.2) is 0 Å². The summed E-state index contributed by atoms with van der Waals surface area (Å²) in [6, 6.07) is 8.66. The molecule has 90 valence electrons. The van der Waals surface area contributed by atoms with Crippen LogP contribution in [0.5, 0.6) is 0 Å². The molecule has 0 spiro atoms. The van der Waals surface area contributed by atoms with Gasteiger partial charge >= 0.3 is 0 Å². The van der Waals surface area contributed by atoms with Gasteiger partial charge in [-0.15, -0.1) is 0 Å². The van der Waals surface area contributed by atoms with Crippen LogP contribution < -0.4 is 5.32 Å². The molecule has 2 aromatic rings. The lowest BCUT2D eigenvalue weighted by Gasteiger charge is -2.11. The van der Waals surface area contributed by atoms with Crippen LogP contribution in [0.25, 0.3) is 11.3 Å². The zero-order valence-electron chi connectivity index (χ0n) is 10.7. The van der Waals surface area contributed by atoms with E-state index in [2.05, 4.69) is 48.5 Å². The Balaban J connectivity index is 2.52. The molecule has 0 saturated heterocycles. The van der Waals surface area contributed by atoms with Gasteiger partial charge in [-0.2, -0.15) is 5.10 Å². The minimum Gasteiger partial charge on any atom is -0.316 e. The van der Waals surface area contributed by atoms with E-state index in [1.165, 1.54) is 22.4 Å². The van der Waals surface area contributed by atoms with E-state index in [4.69, 9.17) is 0 Å². The third kappa shape index (κ3) is 2.39. The molecule has 17 heavy (non-hydrogen) atoms. The van der Waals surface area contributed by atoms with E-state index in [-0.39, 0.29) is 0 Å². The summed E-state index contributed by atoms with van der Waals surface area (Å²) in [6.07, 6.45) is 1.87. The van der Waals surface area contributed by atoms with Crippen molar-refractivity contribution in [3.63, 3.8) is 0 Å². The molecule has 0 bridgehead atoms. The molecule has 0 saturated carbocycles. The molecule has 0 unspecified atom stereocenters. The zero-order chi connectivity index (χ0) is 12.3. The third-order valence-corrected chi connectivity index (χ3v) is 2.92. The van der Waals surface area contributed by atoms with Crippen molar-refractivity contribution in [3.05, 3.63) is 41.6 Å². The van der Waals surface area contributed by atoms with E-state index in [9.17, 15) is 0 Å². The Morgan fingerprint density at radius 3 is 2.82 bits per heavy atom. The topological polar surface area (TPSA) is 29.9 Å². The lowest BCUT2D eigenvalue weighted by atomic mass is 10.0. The number of aromatic nitrogens is 2. The monoisotopic (exact) mass is 229 g/mol. The number of hydrogen-bond acceptors (Lipinski definition) is 2. The Bertz CT molecular complexity index is 500. The Hall–Kier alpha value is -1.61. The van der Waals surface area contributed by atoms with Crippen molar-refractivity contribution in [3.8, 4) is 11.3 Å². The smallest absolute Gasteiger partial charge is 0.0685 e. The normalized spacial score (nSPS) is 10.8. The van der Waals surface area contributed by atoms with Crippen molar-refractivity contribution in [1.29, 1.82) is 0 Å². The second-order valence-electron chi connectivity index (χ2n) is 4.22. The fraction of sp³-hybridized carbons (Fsp3) is 0.357. The largest absolute Gasteiger partial charge is 0.316 e. The second-order valence-corrected chi connectivity index (χ2v) is 4.22. The molecule has 1 aromatic carbocycles. The van der Waals surface area contributed by atoms with Gasteiger partial charge in [0, 0.05) is 24.8 Å². The van der Waals surface area contributed by atoms with Gasteiger partial charge < -0.3 is 5.32 Å². The van der Waals surface area contributed by atoms with Crippen molar-refractivity contribution in [2.45, 2.75) is 26.9 Å². The van der Waals surface area contributed by atoms with Crippen LogP contribution >= 0.6 is 0 Å². The van der Waals surface area contributed by atoms with Crippen LogP contribution in [0, 0.1) is 6.92 Å². The average molecular weight is 229 g/mol. The highest BCUT2D eigenvalue weighted by Gasteiger charge is 2.09. The maximum absolute atomic E-state index is 4.34. The Morgan fingerprint density at radius 1 is 1.29 bits per heavy atom. The SMILES string of the molecule is CCn1nccc1-c1cc(C)ccc1CNC. The van der Waals surface area contributed by atoms with Crippen LogP contribution in [0.15, 0.2) is 30.5 Å². The summed E-state index contributed by atoms with van der Waals surface area (Å²) in [5.41, 5.74) is 5.07. The van der Waals surface area contributed by atoms with E-state index >= 15 is 0 Å². The molecule has 0 radical (unpaired) electrons. The molecule has 2 rings (SSSR count). The van der Waals surface area contributed by atoms with E-state index in [1.54, 1.807) is 0 Å². The van der Waals surface area contributed by atoms with Gasteiger partial charge in [0.05, 0.1) is 5.69 Å². The Morgan fingerprint density at radius 2 is 2.12 bits per heavy atom. The summed E-state index contributed by atoms with van der Waals surface area (Å²) < 4.78 is 2.04. The first-order valence-corrected chi connectivity index (χ1v) is 6.02. The molecule has 3 nitrogen and oxygen atoms in total. The summed E-state index contributed by atoms with van der Waals surface area (Å²) in [5, 5.41) is 7.55. The first-order chi connectivity index (χ1) is 8.26. The van der Waals surface area contributed by atoms with Crippen LogP contribution in [0.1, 0.15) is 18.1 Å². The molecule has 0 amide bonds. The molecular weight excluding hydrogens is 210 g/mol. The van der Waals surface area contributed by atoms with Crippen LogP contribution in [-0.4, -0.2) is 16.8 Å². The van der Waals surface area contributed by atoms with Crippen molar-refractivity contribution in [1.82, 2.24) is 15.1 Å². The Labute approximate surface area is 102 Å². The van der Waals surface area contributed by atoms with Crippen LogP contribution in [0.2, 0.25) is 0 Å². The molecule has 1 heterocycles. The predicted molar refractivity (Wildman–Crippen MR) is 70.8 cm³/mol. The minimum absolute atomic E-state index is 0.879. The van der Waals surface area contributed by atoms with Crippen molar-refractivity contribution < 1.29 is 0 Å². The molecule has 0 aliphatic rings. The second kappa shape index (κ2) is 5.15. The molecule has 1 aromatic heterocycles. The third-order valence-electron chi connectivity index (χ3n) is 2.92. The first kappa shape index (κ1) is 11.9. The molecule has 0 fully saturated rings. The van der Waals surface area contributed by atoms with Gasteiger partial charge in [-0.1, -0.05) is 17.7 Å². The lowest BCUT2D eigenvalue weighted by molar-refractivity contribution is 0.666. The van der Waals surface area contributed by atoms with E-state index < -0.39 is 0 Å². The fourth-order valence-corrected chi connectivity index (χ4v) is 2.09. The molecule has 1 N–H and O–H groups in total. The number of nitrogens with zero attached hydrogens (tertiary/aromatic N) is 2. The highest BCUT2D eigenvalue weighted by atomic mass is 15.3. The number of nitrogens with one attached hydrogen (secondary N) is 1. The number of benzene rings is 1.